The molecule has 1 aromatic rings. The van der Waals surface area contributed by atoms with Crippen LogP contribution in [0.5, 0.6) is 0 Å². The molecule has 2 aliphatic rings. The van der Waals surface area contributed by atoms with E-state index in [4.69, 9.17) is 0 Å². The van der Waals surface area contributed by atoms with Gasteiger partial charge in [-0.05, 0) is 50.3 Å². The number of rotatable bonds is 4. The third-order valence-electron chi connectivity index (χ3n) is 6.00. The maximum Gasteiger partial charge on any atom is 0.225 e. The fourth-order valence-corrected chi connectivity index (χ4v) is 4.27. The Balaban J connectivity index is 1.48. The van der Waals surface area contributed by atoms with Crippen LogP contribution in [0.15, 0.2) is 12.4 Å². The van der Waals surface area contributed by atoms with E-state index in [1.165, 1.54) is 18.4 Å². The molecule has 0 atom stereocenters. The molecule has 0 aliphatic carbocycles. The van der Waals surface area contributed by atoms with Gasteiger partial charge in [0.25, 0.3) is 0 Å². The zero-order chi connectivity index (χ0) is 18.7. The van der Waals surface area contributed by atoms with Crippen molar-refractivity contribution in [2.75, 3.05) is 26.2 Å². The van der Waals surface area contributed by atoms with Gasteiger partial charge in [-0.15, -0.1) is 0 Å². The standard InChI is InChI=1S/C21H34N4O/c1-15(2)20-22-13-18(14-23-20)17-5-9-24(10-6-17)19-7-11-25(12-8-19)21(26)16(3)4/h13-17,19H,5-12H2,1-4H3. The van der Waals surface area contributed by atoms with Crippen molar-refractivity contribution in [3.05, 3.63) is 23.8 Å². The third kappa shape index (κ3) is 4.43. The van der Waals surface area contributed by atoms with Crippen LogP contribution in [0.3, 0.4) is 0 Å². The lowest BCUT2D eigenvalue weighted by atomic mass is 9.89. The molecule has 2 saturated heterocycles. The summed E-state index contributed by atoms with van der Waals surface area (Å²) in [6.45, 7) is 12.4. The van der Waals surface area contributed by atoms with Crippen molar-refractivity contribution in [1.82, 2.24) is 19.8 Å². The topological polar surface area (TPSA) is 49.3 Å². The highest BCUT2D eigenvalue weighted by atomic mass is 16.2. The quantitative estimate of drug-likeness (QED) is 0.827. The Labute approximate surface area is 158 Å². The number of hydrogen-bond acceptors (Lipinski definition) is 4. The first-order valence-corrected chi connectivity index (χ1v) is 10.3. The summed E-state index contributed by atoms with van der Waals surface area (Å²) in [4.78, 5) is 25.9. The van der Waals surface area contributed by atoms with Gasteiger partial charge in [0.1, 0.15) is 5.82 Å². The lowest BCUT2D eigenvalue weighted by Gasteiger charge is -2.42. The molecule has 0 bridgehead atoms. The summed E-state index contributed by atoms with van der Waals surface area (Å²) in [6, 6.07) is 0.645. The highest BCUT2D eigenvalue weighted by Gasteiger charge is 2.30. The average molecular weight is 359 g/mol. The molecule has 26 heavy (non-hydrogen) atoms. The van der Waals surface area contributed by atoms with E-state index in [1.54, 1.807) is 0 Å². The number of aromatic nitrogens is 2. The summed E-state index contributed by atoms with van der Waals surface area (Å²) in [6.07, 6.45) is 8.70. The molecule has 0 N–H and O–H groups in total. The first kappa shape index (κ1) is 19.3. The van der Waals surface area contributed by atoms with Crippen LogP contribution in [0, 0.1) is 5.92 Å². The number of nitrogens with zero attached hydrogens (tertiary/aromatic N) is 4. The monoisotopic (exact) mass is 358 g/mol. The van der Waals surface area contributed by atoms with Gasteiger partial charge in [0.05, 0.1) is 0 Å². The molecule has 5 nitrogen and oxygen atoms in total. The van der Waals surface area contributed by atoms with Gasteiger partial charge in [-0.1, -0.05) is 27.7 Å². The van der Waals surface area contributed by atoms with Crippen molar-refractivity contribution in [3.63, 3.8) is 0 Å². The second-order valence-electron chi connectivity index (χ2n) is 8.55. The molecular formula is C21H34N4O. The summed E-state index contributed by atoms with van der Waals surface area (Å²) < 4.78 is 0. The molecular weight excluding hydrogens is 324 g/mol. The molecule has 1 aromatic heterocycles. The molecule has 1 amide bonds. The molecule has 3 heterocycles. The Morgan fingerprint density at radius 1 is 0.962 bits per heavy atom. The third-order valence-corrected chi connectivity index (χ3v) is 6.00. The predicted octanol–water partition coefficient (Wildman–Crippen LogP) is 3.43. The average Bonchev–Trinajstić information content (AvgIpc) is 2.67. The molecule has 2 fully saturated rings. The molecule has 144 valence electrons. The van der Waals surface area contributed by atoms with Crippen molar-refractivity contribution in [2.24, 2.45) is 5.92 Å². The zero-order valence-corrected chi connectivity index (χ0v) is 16.8. The predicted molar refractivity (Wildman–Crippen MR) is 104 cm³/mol. The molecule has 2 aliphatic heterocycles. The molecule has 0 radical (unpaired) electrons. The van der Waals surface area contributed by atoms with Gasteiger partial charge < -0.3 is 9.80 Å². The van der Waals surface area contributed by atoms with Crippen LogP contribution < -0.4 is 0 Å². The van der Waals surface area contributed by atoms with Gasteiger partial charge in [0, 0.05) is 43.4 Å². The van der Waals surface area contributed by atoms with Crippen LogP contribution in [0.25, 0.3) is 0 Å². The van der Waals surface area contributed by atoms with Crippen molar-refractivity contribution in [2.45, 2.75) is 71.3 Å². The number of piperidine rings is 2. The molecule has 0 unspecified atom stereocenters. The fraction of sp³-hybridized carbons (Fsp3) is 0.762. The van der Waals surface area contributed by atoms with Crippen LogP contribution in [0.2, 0.25) is 0 Å². The molecule has 0 spiro atoms. The number of amides is 1. The van der Waals surface area contributed by atoms with E-state index in [9.17, 15) is 4.79 Å². The molecule has 0 aromatic carbocycles. The van der Waals surface area contributed by atoms with E-state index >= 15 is 0 Å². The van der Waals surface area contributed by atoms with E-state index in [0.717, 1.165) is 44.8 Å². The van der Waals surface area contributed by atoms with E-state index in [0.29, 0.717) is 23.8 Å². The first-order valence-electron chi connectivity index (χ1n) is 10.3. The summed E-state index contributed by atoms with van der Waals surface area (Å²) in [5, 5.41) is 0. The lowest BCUT2D eigenvalue weighted by Crippen LogP contribution is -2.49. The zero-order valence-electron chi connectivity index (χ0n) is 16.8. The van der Waals surface area contributed by atoms with Gasteiger partial charge in [0.15, 0.2) is 0 Å². The van der Waals surface area contributed by atoms with Crippen molar-refractivity contribution in [1.29, 1.82) is 0 Å². The minimum absolute atomic E-state index is 0.117. The number of carbonyl (C=O) groups is 1. The van der Waals surface area contributed by atoms with Gasteiger partial charge in [0.2, 0.25) is 5.91 Å². The second kappa shape index (κ2) is 8.47. The first-order chi connectivity index (χ1) is 12.5. The SMILES string of the molecule is CC(C)C(=O)N1CCC(N2CCC(c3cnc(C(C)C)nc3)CC2)CC1. The van der Waals surface area contributed by atoms with Gasteiger partial charge >= 0.3 is 0 Å². The summed E-state index contributed by atoms with van der Waals surface area (Å²) in [5.41, 5.74) is 1.30. The van der Waals surface area contributed by atoms with E-state index < -0.39 is 0 Å². The Hall–Kier alpha value is -1.49. The fourth-order valence-electron chi connectivity index (χ4n) is 4.27. The van der Waals surface area contributed by atoms with E-state index in [-0.39, 0.29) is 5.92 Å². The molecule has 3 rings (SSSR count). The highest BCUT2D eigenvalue weighted by molar-refractivity contribution is 5.78. The summed E-state index contributed by atoms with van der Waals surface area (Å²) in [5.74, 6) is 2.35. The number of hydrogen-bond donors (Lipinski definition) is 0. The number of carbonyl (C=O) groups excluding carboxylic acids is 1. The maximum atomic E-state index is 12.1. The van der Waals surface area contributed by atoms with Crippen LogP contribution in [0.4, 0.5) is 0 Å². The van der Waals surface area contributed by atoms with Crippen molar-refractivity contribution in [3.8, 4) is 0 Å². The van der Waals surface area contributed by atoms with Crippen LogP contribution in [-0.2, 0) is 4.79 Å². The normalized spacial score (nSPS) is 20.9. The second-order valence-corrected chi connectivity index (χ2v) is 8.55. The Morgan fingerprint density at radius 2 is 1.54 bits per heavy atom. The van der Waals surface area contributed by atoms with Crippen molar-refractivity contribution >= 4 is 5.91 Å². The van der Waals surface area contributed by atoms with Crippen molar-refractivity contribution < 1.29 is 4.79 Å². The molecule has 0 saturated carbocycles. The largest absolute Gasteiger partial charge is 0.342 e. The van der Waals surface area contributed by atoms with Crippen LogP contribution in [-0.4, -0.2) is 57.9 Å². The van der Waals surface area contributed by atoms with E-state index in [2.05, 4.69) is 33.6 Å². The lowest BCUT2D eigenvalue weighted by molar-refractivity contribution is -0.136. The minimum Gasteiger partial charge on any atom is -0.342 e. The maximum absolute atomic E-state index is 12.1. The smallest absolute Gasteiger partial charge is 0.225 e. The Morgan fingerprint density at radius 3 is 2.04 bits per heavy atom. The Bertz CT molecular complexity index is 583. The van der Waals surface area contributed by atoms with E-state index in [1.807, 2.05) is 26.2 Å². The summed E-state index contributed by atoms with van der Waals surface area (Å²) in [7, 11) is 0. The number of likely N-dealkylation sites (tertiary alicyclic amines) is 2. The van der Waals surface area contributed by atoms with Gasteiger partial charge in [-0.3, -0.25) is 4.79 Å². The molecule has 5 heteroatoms. The minimum atomic E-state index is 0.117. The van der Waals surface area contributed by atoms with Gasteiger partial charge in [-0.2, -0.15) is 0 Å². The highest BCUT2D eigenvalue weighted by Crippen LogP contribution is 2.30. The van der Waals surface area contributed by atoms with Crippen LogP contribution in [0.1, 0.15) is 76.6 Å². The Kier molecular flexibility index (Phi) is 6.28. The van der Waals surface area contributed by atoms with Gasteiger partial charge in [-0.25, -0.2) is 9.97 Å². The van der Waals surface area contributed by atoms with Crippen LogP contribution >= 0.6 is 0 Å². The summed E-state index contributed by atoms with van der Waals surface area (Å²) >= 11 is 0.